The van der Waals surface area contributed by atoms with Crippen molar-refractivity contribution in [1.29, 1.82) is 0 Å². The van der Waals surface area contributed by atoms with Crippen LogP contribution < -0.4 is 11.1 Å². The van der Waals surface area contributed by atoms with Crippen LogP contribution in [0.15, 0.2) is 18.2 Å². The minimum atomic E-state index is 0.0323. The molecule has 0 aliphatic heterocycles. The highest BCUT2D eigenvalue weighted by Gasteiger charge is 2.08. The second kappa shape index (κ2) is 5.54. The fourth-order valence-electron chi connectivity index (χ4n) is 1.46. The van der Waals surface area contributed by atoms with Crippen molar-refractivity contribution >= 4 is 17.3 Å². The second-order valence-corrected chi connectivity index (χ2v) is 4.36. The predicted molar refractivity (Wildman–Crippen MR) is 68.3 cm³/mol. The number of nitrogen functional groups attached to an aromatic ring is 1. The van der Waals surface area contributed by atoms with E-state index in [0.717, 1.165) is 12.0 Å². The number of nitrogens with two attached hydrogens (primary N) is 1. The number of aryl methyl sites for hydroxylation is 1. The fraction of sp³-hybridized carbons (Fsp3) is 0.462. The molecule has 0 fully saturated rings. The van der Waals surface area contributed by atoms with E-state index in [1.54, 1.807) is 0 Å². The van der Waals surface area contributed by atoms with Crippen molar-refractivity contribution in [2.24, 2.45) is 5.92 Å². The highest BCUT2D eigenvalue weighted by Crippen LogP contribution is 2.20. The van der Waals surface area contributed by atoms with Crippen LogP contribution in [-0.2, 0) is 4.79 Å². The normalized spacial score (nSPS) is 12.2. The second-order valence-electron chi connectivity index (χ2n) is 4.36. The van der Waals surface area contributed by atoms with Crippen LogP contribution in [0.1, 0.15) is 32.3 Å². The van der Waals surface area contributed by atoms with Crippen molar-refractivity contribution in [3.05, 3.63) is 23.8 Å². The van der Waals surface area contributed by atoms with E-state index < -0.39 is 0 Å². The zero-order chi connectivity index (χ0) is 12.1. The molecule has 1 aromatic rings. The van der Waals surface area contributed by atoms with Crippen LogP contribution in [-0.4, -0.2) is 5.91 Å². The molecule has 16 heavy (non-hydrogen) atoms. The van der Waals surface area contributed by atoms with E-state index >= 15 is 0 Å². The third kappa shape index (κ3) is 3.57. The Bertz CT molecular complexity index is 374. The molecule has 1 aromatic carbocycles. The molecule has 0 aliphatic rings. The number of amides is 1. The molecule has 0 saturated heterocycles. The molecule has 3 heteroatoms. The number of carbonyl (C=O) groups is 1. The lowest BCUT2D eigenvalue weighted by molar-refractivity contribution is -0.117. The average molecular weight is 220 g/mol. The van der Waals surface area contributed by atoms with Crippen molar-refractivity contribution < 1.29 is 4.79 Å². The van der Waals surface area contributed by atoms with Gasteiger partial charge in [-0.05, 0) is 30.5 Å². The van der Waals surface area contributed by atoms with Crippen LogP contribution >= 0.6 is 0 Å². The van der Waals surface area contributed by atoms with Gasteiger partial charge in [0, 0.05) is 6.42 Å². The van der Waals surface area contributed by atoms with E-state index in [2.05, 4.69) is 19.2 Å². The van der Waals surface area contributed by atoms with Crippen molar-refractivity contribution in [3.63, 3.8) is 0 Å². The molecule has 1 unspecified atom stereocenters. The molecule has 1 atom stereocenters. The maximum atomic E-state index is 11.7. The van der Waals surface area contributed by atoms with Gasteiger partial charge in [-0.15, -0.1) is 0 Å². The molecule has 0 bridgehead atoms. The summed E-state index contributed by atoms with van der Waals surface area (Å²) in [7, 11) is 0. The van der Waals surface area contributed by atoms with Crippen LogP contribution in [0.2, 0.25) is 0 Å². The number of anilines is 2. The quantitative estimate of drug-likeness (QED) is 0.766. The molecular weight excluding hydrogens is 200 g/mol. The highest BCUT2D eigenvalue weighted by atomic mass is 16.1. The molecule has 0 saturated carbocycles. The number of benzene rings is 1. The average Bonchev–Trinajstić information content (AvgIpc) is 2.22. The molecule has 0 radical (unpaired) electrons. The van der Waals surface area contributed by atoms with Gasteiger partial charge in [-0.1, -0.05) is 26.3 Å². The smallest absolute Gasteiger partial charge is 0.224 e. The Balaban J connectivity index is 2.63. The first-order valence-electron chi connectivity index (χ1n) is 5.69. The topological polar surface area (TPSA) is 55.1 Å². The summed E-state index contributed by atoms with van der Waals surface area (Å²) in [5.41, 5.74) is 8.24. The Morgan fingerprint density at radius 3 is 2.75 bits per heavy atom. The van der Waals surface area contributed by atoms with Gasteiger partial charge in [0.15, 0.2) is 0 Å². The Hall–Kier alpha value is -1.51. The van der Waals surface area contributed by atoms with E-state index in [1.165, 1.54) is 0 Å². The monoisotopic (exact) mass is 220 g/mol. The lowest BCUT2D eigenvalue weighted by Gasteiger charge is -2.11. The lowest BCUT2D eigenvalue weighted by Crippen LogP contribution is -2.15. The van der Waals surface area contributed by atoms with Gasteiger partial charge in [0.25, 0.3) is 0 Å². The minimum Gasteiger partial charge on any atom is -0.397 e. The first-order chi connectivity index (χ1) is 7.52. The van der Waals surface area contributed by atoms with Crippen LogP contribution in [0.4, 0.5) is 11.4 Å². The summed E-state index contributed by atoms with van der Waals surface area (Å²) < 4.78 is 0. The fourth-order valence-corrected chi connectivity index (χ4v) is 1.46. The van der Waals surface area contributed by atoms with Gasteiger partial charge < -0.3 is 11.1 Å². The lowest BCUT2D eigenvalue weighted by atomic mass is 10.0. The molecular formula is C13H20N2O. The van der Waals surface area contributed by atoms with E-state index in [-0.39, 0.29) is 5.91 Å². The molecule has 88 valence electrons. The molecule has 0 heterocycles. The van der Waals surface area contributed by atoms with Crippen molar-refractivity contribution in [3.8, 4) is 0 Å². The van der Waals surface area contributed by atoms with Gasteiger partial charge >= 0.3 is 0 Å². The van der Waals surface area contributed by atoms with Gasteiger partial charge in [-0.25, -0.2) is 0 Å². The molecule has 0 aromatic heterocycles. The third-order valence-corrected chi connectivity index (χ3v) is 2.71. The van der Waals surface area contributed by atoms with Gasteiger partial charge in [0.05, 0.1) is 11.4 Å². The van der Waals surface area contributed by atoms with Crippen molar-refractivity contribution in [1.82, 2.24) is 0 Å². The summed E-state index contributed by atoms with van der Waals surface area (Å²) in [6.45, 7) is 6.12. The molecule has 1 rings (SSSR count). The zero-order valence-electron chi connectivity index (χ0n) is 10.2. The molecule has 3 nitrogen and oxygen atoms in total. The number of hydrogen-bond donors (Lipinski definition) is 2. The highest BCUT2D eigenvalue weighted by molar-refractivity contribution is 5.93. The Morgan fingerprint density at radius 2 is 2.19 bits per heavy atom. The SMILES string of the molecule is CCC(C)CC(=O)Nc1ccc(C)cc1N. The standard InChI is InChI=1S/C13H20N2O/c1-4-9(2)8-13(16)15-12-6-5-10(3)7-11(12)14/h5-7,9H,4,8,14H2,1-3H3,(H,15,16). The number of carbonyl (C=O) groups excluding carboxylic acids is 1. The number of hydrogen-bond acceptors (Lipinski definition) is 2. The van der Waals surface area contributed by atoms with E-state index in [0.29, 0.717) is 23.7 Å². The summed E-state index contributed by atoms with van der Waals surface area (Å²) in [6.07, 6.45) is 1.56. The predicted octanol–water partition coefficient (Wildman–Crippen LogP) is 2.95. The summed E-state index contributed by atoms with van der Waals surface area (Å²) in [5.74, 6) is 0.441. The summed E-state index contributed by atoms with van der Waals surface area (Å²) in [6, 6.07) is 5.65. The largest absolute Gasteiger partial charge is 0.397 e. The van der Waals surface area contributed by atoms with Crippen LogP contribution in [0.3, 0.4) is 0 Å². The maximum Gasteiger partial charge on any atom is 0.224 e. The Labute approximate surface area is 97.0 Å². The third-order valence-electron chi connectivity index (χ3n) is 2.71. The van der Waals surface area contributed by atoms with Gasteiger partial charge in [0.1, 0.15) is 0 Å². The number of rotatable bonds is 4. The van der Waals surface area contributed by atoms with E-state index in [9.17, 15) is 4.79 Å². The molecule has 0 aliphatic carbocycles. The Kier molecular flexibility index (Phi) is 4.35. The van der Waals surface area contributed by atoms with Gasteiger partial charge in [0.2, 0.25) is 5.91 Å². The zero-order valence-corrected chi connectivity index (χ0v) is 10.2. The number of nitrogens with one attached hydrogen (secondary N) is 1. The molecule has 0 spiro atoms. The van der Waals surface area contributed by atoms with Crippen LogP contribution in [0.5, 0.6) is 0 Å². The summed E-state index contributed by atoms with van der Waals surface area (Å²) in [4.78, 5) is 11.7. The van der Waals surface area contributed by atoms with Crippen LogP contribution in [0.25, 0.3) is 0 Å². The minimum absolute atomic E-state index is 0.0323. The van der Waals surface area contributed by atoms with Crippen molar-refractivity contribution in [2.45, 2.75) is 33.6 Å². The van der Waals surface area contributed by atoms with Crippen molar-refractivity contribution in [2.75, 3.05) is 11.1 Å². The Morgan fingerprint density at radius 1 is 1.50 bits per heavy atom. The first kappa shape index (κ1) is 12.6. The molecule has 3 N–H and O–H groups in total. The van der Waals surface area contributed by atoms with E-state index in [1.807, 2.05) is 25.1 Å². The summed E-state index contributed by atoms with van der Waals surface area (Å²) >= 11 is 0. The summed E-state index contributed by atoms with van der Waals surface area (Å²) in [5, 5.41) is 2.84. The maximum absolute atomic E-state index is 11.7. The van der Waals surface area contributed by atoms with Crippen LogP contribution in [0, 0.1) is 12.8 Å². The van der Waals surface area contributed by atoms with E-state index in [4.69, 9.17) is 5.73 Å². The molecule has 1 amide bonds. The van der Waals surface area contributed by atoms with Gasteiger partial charge in [-0.3, -0.25) is 4.79 Å². The van der Waals surface area contributed by atoms with Gasteiger partial charge in [-0.2, -0.15) is 0 Å². The first-order valence-corrected chi connectivity index (χ1v) is 5.69.